The van der Waals surface area contributed by atoms with E-state index in [1.54, 1.807) is 19.1 Å². The second-order valence-corrected chi connectivity index (χ2v) is 4.65. The van der Waals surface area contributed by atoms with Gasteiger partial charge in [-0.25, -0.2) is 0 Å². The van der Waals surface area contributed by atoms with Crippen LogP contribution in [0.4, 0.5) is 0 Å². The average Bonchev–Trinajstić information content (AvgIpc) is 2.36. The second-order valence-electron chi connectivity index (χ2n) is 4.65. The highest BCUT2D eigenvalue weighted by Crippen LogP contribution is 2.06. The van der Waals surface area contributed by atoms with Crippen LogP contribution in [0.1, 0.15) is 29.3 Å². The Morgan fingerprint density at radius 1 is 1.32 bits per heavy atom. The molecule has 0 spiro atoms. The average molecular weight is 264 g/mol. The SMILES string of the molecule is CC(CNC(=O)c1ccc(CCN)cc1)CC(=O)O. The fourth-order valence-electron chi connectivity index (χ4n) is 1.73. The molecule has 19 heavy (non-hydrogen) atoms. The smallest absolute Gasteiger partial charge is 0.303 e. The van der Waals surface area contributed by atoms with Crippen LogP contribution in [0.3, 0.4) is 0 Å². The van der Waals surface area contributed by atoms with Crippen molar-refractivity contribution >= 4 is 11.9 Å². The predicted molar refractivity (Wildman–Crippen MR) is 73.0 cm³/mol. The summed E-state index contributed by atoms with van der Waals surface area (Å²) in [6.45, 7) is 2.73. The maximum Gasteiger partial charge on any atom is 0.303 e. The lowest BCUT2D eigenvalue weighted by atomic mass is 10.1. The first-order chi connectivity index (χ1) is 9.02. The number of carboxylic acids is 1. The van der Waals surface area contributed by atoms with Gasteiger partial charge in [-0.1, -0.05) is 19.1 Å². The molecular formula is C14H20N2O3. The summed E-state index contributed by atoms with van der Waals surface area (Å²) in [6.07, 6.45) is 0.841. The first-order valence-electron chi connectivity index (χ1n) is 6.32. The third-order valence-electron chi connectivity index (χ3n) is 2.78. The number of aliphatic carboxylic acids is 1. The number of carbonyl (C=O) groups is 2. The Morgan fingerprint density at radius 3 is 2.47 bits per heavy atom. The van der Waals surface area contributed by atoms with Gasteiger partial charge in [-0.2, -0.15) is 0 Å². The highest BCUT2D eigenvalue weighted by molar-refractivity contribution is 5.94. The quantitative estimate of drug-likeness (QED) is 0.685. The first kappa shape index (κ1) is 15.2. The van der Waals surface area contributed by atoms with Crippen LogP contribution in [0.2, 0.25) is 0 Å². The van der Waals surface area contributed by atoms with Gasteiger partial charge in [-0.15, -0.1) is 0 Å². The Kier molecular flexibility index (Phi) is 6.02. The van der Waals surface area contributed by atoms with Gasteiger partial charge in [-0.05, 0) is 36.6 Å². The van der Waals surface area contributed by atoms with Crippen molar-refractivity contribution < 1.29 is 14.7 Å². The first-order valence-corrected chi connectivity index (χ1v) is 6.32. The van der Waals surface area contributed by atoms with Crippen LogP contribution in [0, 0.1) is 5.92 Å². The molecule has 4 N–H and O–H groups in total. The van der Waals surface area contributed by atoms with Crippen molar-refractivity contribution in [2.24, 2.45) is 11.7 Å². The third kappa shape index (κ3) is 5.52. The zero-order chi connectivity index (χ0) is 14.3. The van der Waals surface area contributed by atoms with Crippen LogP contribution in [0.5, 0.6) is 0 Å². The highest BCUT2D eigenvalue weighted by atomic mass is 16.4. The number of nitrogens with two attached hydrogens (primary N) is 1. The molecular weight excluding hydrogens is 244 g/mol. The monoisotopic (exact) mass is 264 g/mol. The fourth-order valence-corrected chi connectivity index (χ4v) is 1.73. The normalized spacial score (nSPS) is 11.9. The minimum atomic E-state index is -0.854. The third-order valence-corrected chi connectivity index (χ3v) is 2.78. The molecule has 0 aromatic heterocycles. The molecule has 5 heteroatoms. The summed E-state index contributed by atoms with van der Waals surface area (Å²) in [5, 5.41) is 11.4. The van der Waals surface area contributed by atoms with Crippen molar-refractivity contribution in [3.8, 4) is 0 Å². The molecule has 0 aliphatic carbocycles. The number of carbonyl (C=O) groups excluding carboxylic acids is 1. The Morgan fingerprint density at radius 2 is 1.95 bits per heavy atom. The summed E-state index contributed by atoms with van der Waals surface area (Å²) >= 11 is 0. The molecule has 1 atom stereocenters. The molecule has 1 unspecified atom stereocenters. The van der Waals surface area contributed by atoms with Crippen LogP contribution in [0.15, 0.2) is 24.3 Å². The number of nitrogens with one attached hydrogen (secondary N) is 1. The number of carboxylic acid groups (broad SMARTS) is 1. The molecule has 1 amide bonds. The summed E-state index contributed by atoms with van der Waals surface area (Å²) in [4.78, 5) is 22.3. The topological polar surface area (TPSA) is 92.4 Å². The molecule has 1 rings (SSSR count). The maximum absolute atomic E-state index is 11.8. The molecule has 0 saturated heterocycles. The van der Waals surface area contributed by atoms with E-state index in [4.69, 9.17) is 10.8 Å². The van der Waals surface area contributed by atoms with E-state index in [0.717, 1.165) is 12.0 Å². The Balaban J connectivity index is 2.47. The molecule has 0 aliphatic rings. The van der Waals surface area contributed by atoms with Gasteiger partial charge in [0.15, 0.2) is 0 Å². The van der Waals surface area contributed by atoms with Crippen molar-refractivity contribution in [2.75, 3.05) is 13.1 Å². The van der Waals surface area contributed by atoms with Gasteiger partial charge in [-0.3, -0.25) is 9.59 Å². The standard InChI is InChI=1S/C14H20N2O3/c1-10(8-13(17)18)9-16-14(19)12-4-2-11(3-5-12)6-7-15/h2-5,10H,6-9,15H2,1H3,(H,16,19)(H,17,18). The molecule has 0 saturated carbocycles. The summed E-state index contributed by atoms with van der Waals surface area (Å²) < 4.78 is 0. The minimum absolute atomic E-state index is 0.0513. The molecule has 0 bridgehead atoms. The minimum Gasteiger partial charge on any atom is -0.481 e. The molecule has 0 fully saturated rings. The zero-order valence-corrected chi connectivity index (χ0v) is 11.1. The molecule has 1 aromatic rings. The van der Waals surface area contributed by atoms with Gasteiger partial charge in [0.1, 0.15) is 0 Å². The van der Waals surface area contributed by atoms with Crippen molar-refractivity contribution in [1.82, 2.24) is 5.32 Å². The zero-order valence-electron chi connectivity index (χ0n) is 11.1. The molecule has 0 aliphatic heterocycles. The largest absolute Gasteiger partial charge is 0.481 e. The van der Waals surface area contributed by atoms with Gasteiger partial charge in [0, 0.05) is 18.5 Å². The lowest BCUT2D eigenvalue weighted by Crippen LogP contribution is -2.29. The van der Waals surface area contributed by atoms with Gasteiger partial charge >= 0.3 is 5.97 Å². The van der Waals surface area contributed by atoms with Crippen LogP contribution < -0.4 is 11.1 Å². The number of benzene rings is 1. The van der Waals surface area contributed by atoms with Gasteiger partial charge in [0.2, 0.25) is 0 Å². The molecule has 5 nitrogen and oxygen atoms in total. The molecule has 1 aromatic carbocycles. The number of hydrogen-bond acceptors (Lipinski definition) is 3. The molecule has 104 valence electrons. The van der Waals surface area contributed by atoms with Crippen molar-refractivity contribution in [3.05, 3.63) is 35.4 Å². The van der Waals surface area contributed by atoms with Crippen molar-refractivity contribution in [2.45, 2.75) is 19.8 Å². The molecule has 0 radical (unpaired) electrons. The van der Waals surface area contributed by atoms with E-state index in [1.807, 2.05) is 12.1 Å². The Bertz CT molecular complexity index is 429. The predicted octanol–water partition coefficient (Wildman–Crippen LogP) is 1.03. The fraction of sp³-hybridized carbons (Fsp3) is 0.429. The summed E-state index contributed by atoms with van der Waals surface area (Å²) in [6, 6.07) is 7.26. The van der Waals surface area contributed by atoms with E-state index in [9.17, 15) is 9.59 Å². The maximum atomic E-state index is 11.8. The number of hydrogen-bond donors (Lipinski definition) is 3. The van der Waals surface area contributed by atoms with Crippen LogP contribution in [0.25, 0.3) is 0 Å². The van der Waals surface area contributed by atoms with Crippen LogP contribution >= 0.6 is 0 Å². The van der Waals surface area contributed by atoms with E-state index in [1.165, 1.54) is 0 Å². The summed E-state index contributed by atoms with van der Waals surface area (Å²) in [5.74, 6) is -1.12. The lowest BCUT2D eigenvalue weighted by Gasteiger charge is -2.10. The second kappa shape index (κ2) is 7.53. The lowest BCUT2D eigenvalue weighted by molar-refractivity contribution is -0.137. The Labute approximate surface area is 112 Å². The van der Waals surface area contributed by atoms with E-state index in [0.29, 0.717) is 18.7 Å². The van der Waals surface area contributed by atoms with E-state index < -0.39 is 5.97 Å². The van der Waals surface area contributed by atoms with Gasteiger partial charge in [0.25, 0.3) is 5.91 Å². The van der Waals surface area contributed by atoms with E-state index in [2.05, 4.69) is 5.32 Å². The number of rotatable bonds is 7. The summed E-state index contributed by atoms with van der Waals surface area (Å²) in [7, 11) is 0. The van der Waals surface area contributed by atoms with E-state index in [-0.39, 0.29) is 18.2 Å². The van der Waals surface area contributed by atoms with Crippen LogP contribution in [-0.2, 0) is 11.2 Å². The summed E-state index contributed by atoms with van der Waals surface area (Å²) in [5.41, 5.74) is 7.12. The highest BCUT2D eigenvalue weighted by Gasteiger charge is 2.10. The van der Waals surface area contributed by atoms with Crippen molar-refractivity contribution in [1.29, 1.82) is 0 Å². The van der Waals surface area contributed by atoms with Gasteiger partial charge in [0.05, 0.1) is 0 Å². The van der Waals surface area contributed by atoms with Gasteiger partial charge < -0.3 is 16.2 Å². The van der Waals surface area contributed by atoms with E-state index >= 15 is 0 Å². The Hall–Kier alpha value is -1.88. The van der Waals surface area contributed by atoms with Crippen LogP contribution in [-0.4, -0.2) is 30.1 Å². The number of amides is 1. The molecule has 0 heterocycles. The van der Waals surface area contributed by atoms with Crippen molar-refractivity contribution in [3.63, 3.8) is 0 Å².